The zero-order valence-electron chi connectivity index (χ0n) is 17.3. The molecule has 152 valence electrons. The lowest BCUT2D eigenvalue weighted by molar-refractivity contribution is -0.132. The van der Waals surface area contributed by atoms with E-state index in [0.29, 0.717) is 5.57 Å². The van der Waals surface area contributed by atoms with Crippen LogP contribution in [0.3, 0.4) is 0 Å². The van der Waals surface area contributed by atoms with Crippen LogP contribution in [0.4, 0.5) is 0 Å². The van der Waals surface area contributed by atoms with Gasteiger partial charge in [-0.3, -0.25) is 0 Å². The van der Waals surface area contributed by atoms with Crippen molar-refractivity contribution in [2.24, 2.45) is 5.92 Å². The number of hydrogen-bond donors (Lipinski definition) is 1. The zero-order chi connectivity index (χ0) is 19.5. The third-order valence-electron chi connectivity index (χ3n) is 5.19. The van der Waals surface area contributed by atoms with E-state index in [0.717, 1.165) is 25.7 Å². The normalized spacial score (nSPS) is 12.9. The van der Waals surface area contributed by atoms with E-state index >= 15 is 0 Å². The average Bonchev–Trinajstić information content (AvgIpc) is 2.63. The highest BCUT2D eigenvalue weighted by atomic mass is 16.4. The molecule has 0 aliphatic carbocycles. The van der Waals surface area contributed by atoms with Gasteiger partial charge in [0.2, 0.25) is 0 Å². The fraction of sp³-hybridized carbons (Fsp3) is 0.826. The van der Waals surface area contributed by atoms with Crippen LogP contribution < -0.4 is 0 Å². The molecule has 0 bridgehead atoms. The summed E-state index contributed by atoms with van der Waals surface area (Å²) in [5.74, 6) is -0.527. The van der Waals surface area contributed by atoms with Gasteiger partial charge in [-0.15, -0.1) is 0 Å². The first-order chi connectivity index (χ1) is 12.6. The minimum absolute atomic E-state index is 0.283. The molecule has 0 saturated carbocycles. The Labute approximate surface area is 161 Å². The molecule has 0 saturated heterocycles. The number of carbonyl (C=O) groups is 2. The number of carbonyl (C=O) groups excluding carboxylic acids is 1. The van der Waals surface area contributed by atoms with E-state index in [-0.39, 0.29) is 5.92 Å². The van der Waals surface area contributed by atoms with Gasteiger partial charge >= 0.3 is 5.97 Å². The Hall–Kier alpha value is -1.12. The highest BCUT2D eigenvalue weighted by Gasteiger charge is 2.06. The van der Waals surface area contributed by atoms with Crippen molar-refractivity contribution in [2.75, 3.05) is 0 Å². The Morgan fingerprint density at radius 2 is 1.27 bits per heavy atom. The van der Waals surface area contributed by atoms with Gasteiger partial charge in [0.05, 0.1) is 0 Å². The maximum Gasteiger partial charge on any atom is 0.330 e. The van der Waals surface area contributed by atoms with Crippen LogP contribution in [-0.4, -0.2) is 17.4 Å². The summed E-state index contributed by atoms with van der Waals surface area (Å²) in [5.41, 5.74) is 0.454. The molecular formula is C23H42O3. The first-order valence-electron chi connectivity index (χ1n) is 11.0. The Morgan fingerprint density at radius 3 is 1.73 bits per heavy atom. The fourth-order valence-electron chi connectivity index (χ4n) is 3.31. The molecule has 26 heavy (non-hydrogen) atoms. The molecule has 0 heterocycles. The largest absolute Gasteiger partial charge is 0.478 e. The van der Waals surface area contributed by atoms with E-state index in [9.17, 15) is 9.59 Å². The van der Waals surface area contributed by atoms with Crippen molar-refractivity contribution >= 4 is 12.3 Å². The van der Waals surface area contributed by atoms with Crippen LogP contribution in [0.5, 0.6) is 0 Å². The first-order valence-corrected chi connectivity index (χ1v) is 11.0. The molecule has 1 N–H and O–H groups in total. The quantitative estimate of drug-likeness (QED) is 0.151. The van der Waals surface area contributed by atoms with Crippen LogP contribution in [0.2, 0.25) is 0 Å². The van der Waals surface area contributed by atoms with Gasteiger partial charge in [0.15, 0.2) is 0 Å². The summed E-state index contributed by atoms with van der Waals surface area (Å²) in [4.78, 5) is 21.8. The summed E-state index contributed by atoms with van der Waals surface area (Å²) < 4.78 is 0. The maximum atomic E-state index is 11.2. The predicted molar refractivity (Wildman–Crippen MR) is 110 cm³/mol. The van der Waals surface area contributed by atoms with Gasteiger partial charge in [0.25, 0.3) is 0 Å². The number of rotatable bonds is 19. The summed E-state index contributed by atoms with van der Waals surface area (Å²) in [6.07, 6.45) is 22.2. The van der Waals surface area contributed by atoms with Gasteiger partial charge < -0.3 is 9.90 Å². The van der Waals surface area contributed by atoms with Crippen molar-refractivity contribution in [3.8, 4) is 0 Å². The smallest absolute Gasteiger partial charge is 0.330 e. The van der Waals surface area contributed by atoms with E-state index in [1.54, 1.807) is 6.92 Å². The summed E-state index contributed by atoms with van der Waals surface area (Å²) in [5, 5.41) is 8.76. The summed E-state index contributed by atoms with van der Waals surface area (Å²) >= 11 is 0. The lowest BCUT2D eigenvalue weighted by atomic mass is 9.95. The van der Waals surface area contributed by atoms with Gasteiger partial charge in [-0.2, -0.15) is 0 Å². The SMILES string of the molecule is CCCCCCCCC(C=O)CCCCCCCCCC=C(C)C(=O)O. The number of hydrogen-bond acceptors (Lipinski definition) is 2. The third-order valence-corrected chi connectivity index (χ3v) is 5.19. The van der Waals surface area contributed by atoms with Crippen LogP contribution in [-0.2, 0) is 9.59 Å². The van der Waals surface area contributed by atoms with E-state index < -0.39 is 5.97 Å². The van der Waals surface area contributed by atoms with Crippen molar-refractivity contribution in [3.05, 3.63) is 11.6 Å². The highest BCUT2D eigenvalue weighted by Crippen LogP contribution is 2.18. The standard InChI is InChI=1S/C23H42O3/c1-3-4-5-6-12-15-18-22(20-24)19-16-13-10-8-7-9-11-14-17-21(2)23(25)26/h17,20,22H,3-16,18-19H2,1-2H3,(H,25,26). The van der Waals surface area contributed by atoms with Gasteiger partial charge in [0, 0.05) is 11.5 Å². The van der Waals surface area contributed by atoms with Crippen LogP contribution in [0, 0.1) is 5.92 Å². The molecular weight excluding hydrogens is 324 g/mol. The Balaban J connectivity index is 3.42. The fourth-order valence-corrected chi connectivity index (χ4v) is 3.31. The second-order valence-corrected chi connectivity index (χ2v) is 7.70. The summed E-state index contributed by atoms with van der Waals surface area (Å²) in [7, 11) is 0. The first kappa shape index (κ1) is 24.9. The van der Waals surface area contributed by atoms with Crippen LogP contribution in [0.1, 0.15) is 117 Å². The number of aliphatic carboxylic acids is 1. The number of aldehydes is 1. The molecule has 0 rings (SSSR count). The second-order valence-electron chi connectivity index (χ2n) is 7.70. The molecule has 0 aromatic heterocycles. The number of allylic oxidation sites excluding steroid dienone is 1. The zero-order valence-corrected chi connectivity index (χ0v) is 17.3. The topological polar surface area (TPSA) is 54.4 Å². The van der Waals surface area contributed by atoms with Gasteiger partial charge in [0.1, 0.15) is 6.29 Å². The number of carboxylic acid groups (broad SMARTS) is 1. The van der Waals surface area contributed by atoms with Crippen molar-refractivity contribution in [3.63, 3.8) is 0 Å². The van der Waals surface area contributed by atoms with Crippen molar-refractivity contribution in [2.45, 2.75) is 117 Å². The lowest BCUT2D eigenvalue weighted by Crippen LogP contribution is -2.02. The molecule has 0 radical (unpaired) electrons. The van der Waals surface area contributed by atoms with Gasteiger partial charge in [-0.1, -0.05) is 90.0 Å². The molecule has 0 aromatic rings. The monoisotopic (exact) mass is 366 g/mol. The minimum atomic E-state index is -0.810. The minimum Gasteiger partial charge on any atom is -0.478 e. The molecule has 0 fully saturated rings. The van der Waals surface area contributed by atoms with Crippen molar-refractivity contribution in [1.29, 1.82) is 0 Å². The van der Waals surface area contributed by atoms with E-state index in [1.165, 1.54) is 83.3 Å². The molecule has 0 aliphatic heterocycles. The van der Waals surface area contributed by atoms with E-state index in [2.05, 4.69) is 6.92 Å². The Kier molecular flexibility index (Phi) is 17.9. The van der Waals surface area contributed by atoms with Gasteiger partial charge in [-0.25, -0.2) is 4.79 Å². The summed E-state index contributed by atoms with van der Waals surface area (Å²) in [6.45, 7) is 3.89. The molecule has 0 aromatic carbocycles. The lowest BCUT2D eigenvalue weighted by Gasteiger charge is -2.10. The summed E-state index contributed by atoms with van der Waals surface area (Å²) in [6, 6.07) is 0. The molecule has 1 atom stereocenters. The Bertz CT molecular complexity index is 374. The molecule has 1 unspecified atom stereocenters. The molecule has 0 spiro atoms. The second kappa shape index (κ2) is 18.7. The van der Waals surface area contributed by atoms with Gasteiger partial charge in [-0.05, 0) is 32.6 Å². The molecule has 0 aliphatic rings. The molecule has 3 nitrogen and oxygen atoms in total. The van der Waals surface area contributed by atoms with Crippen molar-refractivity contribution in [1.82, 2.24) is 0 Å². The van der Waals surface area contributed by atoms with Crippen molar-refractivity contribution < 1.29 is 14.7 Å². The van der Waals surface area contributed by atoms with E-state index in [1.807, 2.05) is 6.08 Å². The van der Waals surface area contributed by atoms with Crippen LogP contribution in [0.25, 0.3) is 0 Å². The average molecular weight is 367 g/mol. The van der Waals surface area contributed by atoms with Crippen LogP contribution >= 0.6 is 0 Å². The maximum absolute atomic E-state index is 11.2. The van der Waals surface area contributed by atoms with Crippen LogP contribution in [0.15, 0.2) is 11.6 Å². The molecule has 0 amide bonds. The Morgan fingerprint density at radius 1 is 0.808 bits per heavy atom. The van der Waals surface area contributed by atoms with E-state index in [4.69, 9.17) is 5.11 Å². The molecule has 3 heteroatoms. The predicted octanol–water partition coefficient (Wildman–Crippen LogP) is 7.09. The highest BCUT2D eigenvalue weighted by molar-refractivity contribution is 5.85. The third kappa shape index (κ3) is 16.4. The number of carboxylic acids is 1. The number of unbranched alkanes of at least 4 members (excludes halogenated alkanes) is 12.